The molecule has 1 aromatic rings. The second-order valence-corrected chi connectivity index (χ2v) is 2.28. The Labute approximate surface area is 68.7 Å². The normalized spacial score (nSPS) is 12.6. The van der Waals surface area contributed by atoms with Gasteiger partial charge in [0.2, 0.25) is 0 Å². The van der Waals surface area contributed by atoms with E-state index >= 15 is 0 Å². The molecular weight excluding hydrogens is 162 g/mol. The summed E-state index contributed by atoms with van der Waals surface area (Å²) in [5, 5.41) is 0. The Morgan fingerprint density at radius 3 is 2.75 bits per heavy atom. The number of rotatable bonds is 2. The third-order valence-corrected chi connectivity index (χ3v) is 1.41. The van der Waals surface area contributed by atoms with E-state index in [0.29, 0.717) is 0 Å². The van der Waals surface area contributed by atoms with Gasteiger partial charge < -0.3 is 5.73 Å². The van der Waals surface area contributed by atoms with Crippen molar-refractivity contribution in [1.82, 2.24) is 4.98 Å². The Morgan fingerprint density at radius 1 is 1.58 bits per heavy atom. The first-order chi connectivity index (χ1) is 5.65. The van der Waals surface area contributed by atoms with Gasteiger partial charge in [-0.1, -0.05) is 6.08 Å². The van der Waals surface area contributed by atoms with Crippen molar-refractivity contribution in [2.75, 3.05) is 0 Å². The summed E-state index contributed by atoms with van der Waals surface area (Å²) < 4.78 is 25.2. The molecule has 0 saturated heterocycles. The van der Waals surface area contributed by atoms with Gasteiger partial charge in [-0.2, -0.15) is 0 Å². The van der Waals surface area contributed by atoms with Crippen LogP contribution >= 0.6 is 0 Å². The summed E-state index contributed by atoms with van der Waals surface area (Å²) in [7, 11) is 0. The van der Waals surface area contributed by atoms with Crippen molar-refractivity contribution in [2.45, 2.75) is 6.04 Å². The van der Waals surface area contributed by atoms with Crippen molar-refractivity contribution in [3.8, 4) is 0 Å². The van der Waals surface area contributed by atoms with Crippen molar-refractivity contribution >= 4 is 0 Å². The van der Waals surface area contributed by atoms with E-state index in [1.165, 1.54) is 6.08 Å². The third-order valence-electron chi connectivity index (χ3n) is 1.41. The number of nitrogens with zero attached hydrogens (tertiary/aromatic N) is 1. The van der Waals surface area contributed by atoms with Crippen LogP contribution in [0.4, 0.5) is 8.78 Å². The van der Waals surface area contributed by atoms with Crippen LogP contribution in [0.2, 0.25) is 0 Å². The van der Waals surface area contributed by atoms with E-state index in [1.807, 2.05) is 0 Å². The Morgan fingerprint density at radius 2 is 2.25 bits per heavy atom. The molecule has 0 saturated carbocycles. The lowest BCUT2D eigenvalue weighted by Crippen LogP contribution is -2.11. The first-order valence-electron chi connectivity index (χ1n) is 3.34. The molecule has 64 valence electrons. The number of hydrogen-bond donors (Lipinski definition) is 1. The van der Waals surface area contributed by atoms with Crippen molar-refractivity contribution in [3.63, 3.8) is 0 Å². The molecule has 0 aliphatic rings. The molecule has 4 heteroatoms. The van der Waals surface area contributed by atoms with Gasteiger partial charge in [0.25, 0.3) is 0 Å². The molecule has 2 nitrogen and oxygen atoms in total. The average Bonchev–Trinajstić information content (AvgIpc) is 2.03. The van der Waals surface area contributed by atoms with Gasteiger partial charge in [0, 0.05) is 6.07 Å². The van der Waals surface area contributed by atoms with E-state index in [4.69, 9.17) is 5.73 Å². The lowest BCUT2D eigenvalue weighted by molar-refractivity contribution is 0.552. The van der Waals surface area contributed by atoms with Crippen LogP contribution in [0.25, 0.3) is 0 Å². The van der Waals surface area contributed by atoms with Crippen LogP contribution in [0, 0.1) is 11.6 Å². The van der Waals surface area contributed by atoms with Gasteiger partial charge >= 0.3 is 0 Å². The van der Waals surface area contributed by atoms with Crippen LogP contribution in [0.3, 0.4) is 0 Å². The fraction of sp³-hybridized carbons (Fsp3) is 0.125. The number of halogens is 2. The van der Waals surface area contributed by atoms with Crippen molar-refractivity contribution in [2.24, 2.45) is 5.73 Å². The Balaban J connectivity index is 3.09. The SMILES string of the molecule is C=C[C@@H](N)c1ncc(F)cc1F. The summed E-state index contributed by atoms with van der Waals surface area (Å²) >= 11 is 0. The van der Waals surface area contributed by atoms with E-state index in [1.54, 1.807) is 0 Å². The molecule has 2 N–H and O–H groups in total. The molecule has 0 bridgehead atoms. The second kappa shape index (κ2) is 3.40. The molecule has 0 aromatic carbocycles. The van der Waals surface area contributed by atoms with Gasteiger partial charge in [-0.15, -0.1) is 6.58 Å². The standard InChI is InChI=1S/C8H8F2N2/c1-2-7(11)8-6(10)3-5(9)4-12-8/h2-4,7H,1,11H2/t7-/m1/s1. The van der Waals surface area contributed by atoms with Crippen molar-refractivity contribution < 1.29 is 8.78 Å². The minimum Gasteiger partial charge on any atom is -0.319 e. The zero-order valence-electron chi connectivity index (χ0n) is 6.30. The van der Waals surface area contributed by atoms with Gasteiger partial charge in [-0.05, 0) is 0 Å². The van der Waals surface area contributed by atoms with Crippen LogP contribution in [0.15, 0.2) is 24.9 Å². The lowest BCUT2D eigenvalue weighted by atomic mass is 10.2. The second-order valence-electron chi connectivity index (χ2n) is 2.28. The summed E-state index contributed by atoms with van der Waals surface area (Å²) in [6, 6.07) is 0.0525. The zero-order chi connectivity index (χ0) is 9.14. The van der Waals surface area contributed by atoms with Gasteiger partial charge in [-0.3, -0.25) is 4.98 Å². The predicted molar refractivity (Wildman–Crippen MR) is 41.3 cm³/mol. The topological polar surface area (TPSA) is 38.9 Å². The first kappa shape index (κ1) is 8.80. The molecule has 0 unspecified atom stereocenters. The molecule has 0 aliphatic carbocycles. The van der Waals surface area contributed by atoms with Crippen molar-refractivity contribution in [1.29, 1.82) is 0 Å². The van der Waals surface area contributed by atoms with Crippen LogP contribution in [-0.2, 0) is 0 Å². The number of hydrogen-bond acceptors (Lipinski definition) is 2. The number of nitrogens with two attached hydrogens (primary N) is 1. The summed E-state index contributed by atoms with van der Waals surface area (Å²) in [5.74, 6) is -1.46. The Hall–Kier alpha value is -1.29. The monoisotopic (exact) mass is 170 g/mol. The molecule has 0 radical (unpaired) electrons. The first-order valence-corrected chi connectivity index (χ1v) is 3.34. The predicted octanol–water partition coefficient (Wildman–Crippen LogP) is 1.55. The van der Waals surface area contributed by atoms with Crippen LogP contribution in [0.5, 0.6) is 0 Å². The maximum absolute atomic E-state index is 12.9. The molecule has 1 heterocycles. The molecule has 0 fully saturated rings. The van der Waals surface area contributed by atoms with E-state index in [-0.39, 0.29) is 5.69 Å². The summed E-state index contributed by atoms with van der Waals surface area (Å²) in [4.78, 5) is 3.50. The molecule has 0 amide bonds. The van der Waals surface area contributed by atoms with Crippen LogP contribution in [-0.4, -0.2) is 4.98 Å². The Bertz CT molecular complexity index is 299. The number of aromatic nitrogens is 1. The van der Waals surface area contributed by atoms with E-state index < -0.39 is 17.7 Å². The fourth-order valence-corrected chi connectivity index (χ4v) is 0.782. The summed E-state index contributed by atoms with van der Waals surface area (Å²) in [6.07, 6.45) is 2.26. The van der Waals surface area contributed by atoms with Gasteiger partial charge in [0.15, 0.2) is 0 Å². The molecule has 1 atom stereocenters. The molecule has 0 aliphatic heterocycles. The number of pyridine rings is 1. The quantitative estimate of drug-likeness (QED) is 0.684. The smallest absolute Gasteiger partial charge is 0.149 e. The highest BCUT2D eigenvalue weighted by molar-refractivity contribution is 5.15. The van der Waals surface area contributed by atoms with Gasteiger partial charge in [0.1, 0.15) is 11.6 Å². The zero-order valence-corrected chi connectivity index (χ0v) is 6.30. The van der Waals surface area contributed by atoms with E-state index in [2.05, 4.69) is 11.6 Å². The molecule has 1 rings (SSSR count). The minimum absolute atomic E-state index is 0.00593. The maximum atomic E-state index is 12.9. The molecule has 12 heavy (non-hydrogen) atoms. The van der Waals surface area contributed by atoms with Crippen LogP contribution in [0.1, 0.15) is 11.7 Å². The van der Waals surface area contributed by atoms with E-state index in [9.17, 15) is 8.78 Å². The highest BCUT2D eigenvalue weighted by Gasteiger charge is 2.09. The molecule has 1 aromatic heterocycles. The average molecular weight is 170 g/mol. The lowest BCUT2D eigenvalue weighted by Gasteiger charge is -2.05. The fourth-order valence-electron chi connectivity index (χ4n) is 0.782. The maximum Gasteiger partial charge on any atom is 0.149 e. The Kier molecular flexibility index (Phi) is 2.50. The van der Waals surface area contributed by atoms with E-state index in [0.717, 1.165) is 12.3 Å². The summed E-state index contributed by atoms with van der Waals surface area (Å²) in [5.41, 5.74) is 5.41. The third kappa shape index (κ3) is 1.65. The highest BCUT2D eigenvalue weighted by atomic mass is 19.1. The molecular formula is C8H8F2N2. The van der Waals surface area contributed by atoms with Crippen molar-refractivity contribution in [3.05, 3.63) is 42.2 Å². The van der Waals surface area contributed by atoms with Crippen LogP contribution < -0.4 is 5.73 Å². The summed E-state index contributed by atoms with van der Waals surface area (Å²) in [6.45, 7) is 3.38. The van der Waals surface area contributed by atoms with Gasteiger partial charge in [-0.25, -0.2) is 8.78 Å². The molecule has 0 spiro atoms. The largest absolute Gasteiger partial charge is 0.319 e. The highest BCUT2D eigenvalue weighted by Crippen LogP contribution is 2.13. The minimum atomic E-state index is -0.748. The van der Waals surface area contributed by atoms with Gasteiger partial charge in [0.05, 0.1) is 17.9 Å².